The fourth-order valence-electron chi connectivity index (χ4n) is 1.26. The topological polar surface area (TPSA) is 49.4 Å². The van der Waals surface area contributed by atoms with Crippen LogP contribution in [0.4, 0.5) is 0 Å². The van der Waals surface area contributed by atoms with Crippen LogP contribution in [0.25, 0.3) is 0 Å². The van der Waals surface area contributed by atoms with E-state index in [0.29, 0.717) is 13.1 Å². The summed E-state index contributed by atoms with van der Waals surface area (Å²) in [5.41, 5.74) is 2.61. The minimum Gasteiger partial charge on any atom is -0.313 e. The molecule has 0 aliphatic heterocycles. The van der Waals surface area contributed by atoms with Crippen LogP contribution in [0.2, 0.25) is 0 Å². The molecule has 6 heteroatoms. The molecule has 1 N–H and O–H groups in total. The summed E-state index contributed by atoms with van der Waals surface area (Å²) in [5.74, 6) is 0. The largest absolute Gasteiger partial charge is 0.313 e. The summed E-state index contributed by atoms with van der Waals surface area (Å²) in [7, 11) is -3.05. The molecule has 96 valence electrons. The fraction of sp³-hybridized carbons (Fsp3) is 0.800. The van der Waals surface area contributed by atoms with Crippen molar-refractivity contribution >= 4 is 21.6 Å². The number of nitrogens with one attached hydrogen (secondary N) is 1. The maximum Gasteiger partial charge on any atom is 0.211 e. The molecule has 0 aromatic rings. The second-order valence-electron chi connectivity index (χ2n) is 3.74. The summed E-state index contributed by atoms with van der Waals surface area (Å²) in [6, 6.07) is 0. The van der Waals surface area contributed by atoms with Crippen LogP contribution in [-0.4, -0.2) is 45.2 Å². The molecule has 0 aliphatic rings. The molecule has 0 spiro atoms. The van der Waals surface area contributed by atoms with E-state index >= 15 is 0 Å². The summed E-state index contributed by atoms with van der Waals surface area (Å²) >= 11 is 5.51. The van der Waals surface area contributed by atoms with Gasteiger partial charge in [0, 0.05) is 25.2 Å². The monoisotopic (exact) mass is 268 g/mol. The molecule has 0 heterocycles. The molecule has 0 atom stereocenters. The zero-order valence-electron chi connectivity index (χ0n) is 10.2. The summed E-state index contributed by atoms with van der Waals surface area (Å²) < 4.78 is 24.0. The lowest BCUT2D eigenvalue weighted by Crippen LogP contribution is -2.32. The number of rotatable bonds is 8. The molecule has 0 unspecified atom stereocenters. The second kappa shape index (κ2) is 8.06. The van der Waals surface area contributed by atoms with Gasteiger partial charge in [-0.3, -0.25) is 0 Å². The molecule has 0 amide bonds. The third-order valence-electron chi connectivity index (χ3n) is 2.17. The molecule has 0 saturated heterocycles. The molecule has 16 heavy (non-hydrogen) atoms. The van der Waals surface area contributed by atoms with E-state index in [1.807, 2.05) is 13.8 Å². The normalized spacial score (nSPS) is 13.4. The first-order valence-electron chi connectivity index (χ1n) is 5.33. The van der Waals surface area contributed by atoms with Crippen LogP contribution in [0, 0.1) is 0 Å². The Kier molecular flexibility index (Phi) is 8.01. The lowest BCUT2D eigenvalue weighted by atomic mass is 10.3. The predicted molar refractivity (Wildman–Crippen MR) is 69.2 cm³/mol. The lowest BCUT2D eigenvalue weighted by molar-refractivity contribution is 0.420. The molecule has 0 aliphatic carbocycles. The van der Waals surface area contributed by atoms with Gasteiger partial charge in [0.25, 0.3) is 0 Å². The van der Waals surface area contributed by atoms with Crippen LogP contribution in [0.5, 0.6) is 0 Å². The molecule has 0 bridgehead atoms. The molecule has 4 nitrogen and oxygen atoms in total. The van der Waals surface area contributed by atoms with E-state index in [0.717, 1.165) is 25.1 Å². The van der Waals surface area contributed by atoms with Gasteiger partial charge in [0.15, 0.2) is 0 Å². The molecule has 0 aromatic carbocycles. The molecule has 0 aromatic heterocycles. The molecular formula is C10H21ClN2O2S. The number of hydrogen-bond acceptors (Lipinski definition) is 3. The Balaban J connectivity index is 3.73. The fourth-order valence-corrected chi connectivity index (χ4v) is 2.27. The highest BCUT2D eigenvalue weighted by Gasteiger charge is 2.12. The molecule has 0 radical (unpaired) electrons. The van der Waals surface area contributed by atoms with Crippen molar-refractivity contribution in [1.29, 1.82) is 0 Å². The van der Waals surface area contributed by atoms with E-state index in [1.54, 1.807) is 5.54 Å². The van der Waals surface area contributed by atoms with Crippen LogP contribution in [0.3, 0.4) is 0 Å². The molecule has 0 saturated carbocycles. The van der Waals surface area contributed by atoms with Crippen molar-refractivity contribution in [3.05, 3.63) is 11.1 Å². The Morgan fingerprint density at radius 1 is 1.50 bits per heavy atom. The van der Waals surface area contributed by atoms with Gasteiger partial charge in [-0.05, 0) is 25.5 Å². The summed E-state index contributed by atoms with van der Waals surface area (Å²) in [6.45, 7) is 6.40. The Morgan fingerprint density at radius 2 is 2.12 bits per heavy atom. The Labute approximate surface area is 104 Å². The van der Waals surface area contributed by atoms with Gasteiger partial charge >= 0.3 is 0 Å². The summed E-state index contributed by atoms with van der Waals surface area (Å²) in [4.78, 5) is 0. The standard InChI is InChI=1S/C10H21ClN2O2S/c1-4-13(16(3,14)15)7-5-6-12-9-10(2)8-11/h8,12H,4-7,9H2,1-3H3. The average Bonchev–Trinajstić information content (AvgIpc) is 2.20. The van der Waals surface area contributed by atoms with Gasteiger partial charge in [-0.1, -0.05) is 18.5 Å². The number of halogens is 1. The predicted octanol–water partition coefficient (Wildman–Crippen LogP) is 1.39. The van der Waals surface area contributed by atoms with Crippen molar-refractivity contribution < 1.29 is 8.42 Å². The van der Waals surface area contributed by atoms with Gasteiger partial charge in [-0.15, -0.1) is 0 Å². The zero-order valence-corrected chi connectivity index (χ0v) is 11.7. The van der Waals surface area contributed by atoms with Crippen LogP contribution >= 0.6 is 11.6 Å². The Bertz CT molecular complexity index is 315. The Morgan fingerprint density at radius 3 is 2.56 bits per heavy atom. The van der Waals surface area contributed by atoms with Crippen molar-refractivity contribution in [1.82, 2.24) is 9.62 Å². The Hall–Kier alpha value is -0.100. The molecular weight excluding hydrogens is 248 g/mol. The first-order valence-corrected chi connectivity index (χ1v) is 7.62. The number of sulfonamides is 1. The minimum atomic E-state index is -3.05. The van der Waals surface area contributed by atoms with E-state index in [9.17, 15) is 8.42 Å². The third kappa shape index (κ3) is 7.22. The highest BCUT2D eigenvalue weighted by atomic mass is 35.5. The summed E-state index contributed by atoms with van der Waals surface area (Å²) in [5, 5.41) is 3.19. The number of hydrogen-bond donors (Lipinski definition) is 1. The maximum atomic E-state index is 11.3. The van der Waals surface area contributed by atoms with E-state index < -0.39 is 10.0 Å². The summed E-state index contributed by atoms with van der Waals surface area (Å²) in [6.07, 6.45) is 2.04. The van der Waals surface area contributed by atoms with Gasteiger partial charge in [-0.25, -0.2) is 12.7 Å². The lowest BCUT2D eigenvalue weighted by Gasteiger charge is -2.17. The van der Waals surface area contributed by atoms with Crippen molar-refractivity contribution in [2.24, 2.45) is 0 Å². The second-order valence-corrected chi connectivity index (χ2v) is 5.94. The van der Waals surface area contributed by atoms with Gasteiger partial charge in [0.2, 0.25) is 10.0 Å². The van der Waals surface area contributed by atoms with Crippen LogP contribution in [0.15, 0.2) is 11.1 Å². The van der Waals surface area contributed by atoms with E-state index in [1.165, 1.54) is 10.6 Å². The van der Waals surface area contributed by atoms with Crippen molar-refractivity contribution in [2.75, 3.05) is 32.4 Å². The van der Waals surface area contributed by atoms with E-state index in [4.69, 9.17) is 11.6 Å². The first kappa shape index (κ1) is 15.9. The number of nitrogens with zero attached hydrogens (tertiary/aromatic N) is 1. The van der Waals surface area contributed by atoms with Crippen molar-refractivity contribution in [2.45, 2.75) is 20.3 Å². The maximum absolute atomic E-state index is 11.3. The smallest absolute Gasteiger partial charge is 0.211 e. The van der Waals surface area contributed by atoms with Crippen LogP contribution < -0.4 is 5.32 Å². The van der Waals surface area contributed by atoms with Gasteiger partial charge in [-0.2, -0.15) is 0 Å². The van der Waals surface area contributed by atoms with Crippen LogP contribution in [0.1, 0.15) is 20.3 Å². The van der Waals surface area contributed by atoms with Crippen LogP contribution in [-0.2, 0) is 10.0 Å². The zero-order chi connectivity index (χ0) is 12.6. The van der Waals surface area contributed by atoms with E-state index in [-0.39, 0.29) is 0 Å². The van der Waals surface area contributed by atoms with Crippen molar-refractivity contribution in [3.8, 4) is 0 Å². The SMILES string of the molecule is CCN(CCCNCC(C)=CCl)S(C)(=O)=O. The quantitative estimate of drug-likeness (QED) is 0.677. The average molecular weight is 269 g/mol. The molecule has 0 rings (SSSR count). The third-order valence-corrected chi connectivity index (χ3v) is 3.92. The highest BCUT2D eigenvalue weighted by Crippen LogP contribution is 1.98. The van der Waals surface area contributed by atoms with Gasteiger partial charge < -0.3 is 5.32 Å². The van der Waals surface area contributed by atoms with Gasteiger partial charge in [0.1, 0.15) is 0 Å². The minimum absolute atomic E-state index is 0.527. The van der Waals surface area contributed by atoms with Crippen molar-refractivity contribution in [3.63, 3.8) is 0 Å². The van der Waals surface area contributed by atoms with Gasteiger partial charge in [0.05, 0.1) is 6.26 Å². The first-order chi connectivity index (χ1) is 7.41. The van der Waals surface area contributed by atoms with E-state index in [2.05, 4.69) is 5.32 Å². The highest BCUT2D eigenvalue weighted by molar-refractivity contribution is 7.88. The molecule has 0 fully saturated rings.